The molecule has 1 aromatic carbocycles. The maximum atomic E-state index is 13.4. The van der Waals surface area contributed by atoms with Gasteiger partial charge < -0.3 is 5.32 Å². The number of hydrogen-bond acceptors (Lipinski definition) is 2. The van der Waals surface area contributed by atoms with E-state index in [1.807, 2.05) is 6.92 Å². The number of anilines is 1. The minimum Gasteiger partial charge on any atom is -0.370 e. The van der Waals surface area contributed by atoms with E-state index in [0.29, 0.717) is 18.4 Å². The van der Waals surface area contributed by atoms with Gasteiger partial charge in [0.15, 0.2) is 11.6 Å². The number of nitrogens with zero attached hydrogens (tertiary/aromatic N) is 1. The summed E-state index contributed by atoms with van der Waals surface area (Å²) in [6, 6.07) is 3.41. The average Bonchev–Trinajstić information content (AvgIpc) is 2.26. The lowest BCUT2D eigenvalue weighted by Crippen LogP contribution is -2.01. The molecule has 0 spiro atoms. The number of pyridine rings is 1. The molecule has 2 aromatic rings. The molecule has 0 bridgehead atoms. The summed E-state index contributed by atoms with van der Waals surface area (Å²) in [4.78, 5) is 3.82. The largest absolute Gasteiger partial charge is 0.370 e. The van der Waals surface area contributed by atoms with Gasteiger partial charge in [0.25, 0.3) is 0 Å². The van der Waals surface area contributed by atoms with E-state index in [4.69, 9.17) is 0 Å². The summed E-state index contributed by atoms with van der Waals surface area (Å²) in [5, 5.41) is 2.82. The smallest absolute Gasteiger partial charge is 0.185 e. The van der Waals surface area contributed by atoms with Crippen molar-refractivity contribution >= 4 is 16.7 Å². The third-order valence-corrected chi connectivity index (χ3v) is 2.18. The van der Waals surface area contributed by atoms with Crippen molar-refractivity contribution in [2.45, 2.75) is 6.92 Å². The molecule has 0 amide bonds. The fraction of sp³-hybridized carbons (Fsp3) is 0.182. The van der Waals surface area contributed by atoms with Gasteiger partial charge in [0, 0.05) is 18.0 Å². The van der Waals surface area contributed by atoms with Crippen molar-refractivity contribution in [3.63, 3.8) is 0 Å². The lowest BCUT2D eigenvalue weighted by atomic mass is 10.2. The number of aromatic nitrogens is 1. The van der Waals surface area contributed by atoms with Gasteiger partial charge in [-0.1, -0.05) is 0 Å². The molecule has 0 saturated carbocycles. The van der Waals surface area contributed by atoms with Crippen LogP contribution in [0.4, 0.5) is 19.0 Å². The molecule has 1 aromatic heterocycles. The lowest BCUT2D eigenvalue weighted by Gasteiger charge is -2.05. The second kappa shape index (κ2) is 4.00. The van der Waals surface area contributed by atoms with Gasteiger partial charge in [0.1, 0.15) is 17.2 Å². The molecule has 0 aliphatic carbocycles. The maximum Gasteiger partial charge on any atom is 0.185 e. The molecule has 84 valence electrons. The standard InChI is InChI=1S/C11H9F3N2/c1-2-15-9-4-3-6-7(12)5-8(13)10(14)11(6)16-9/h3-5H,2H2,1H3,(H,15,16). The van der Waals surface area contributed by atoms with E-state index in [-0.39, 0.29) is 10.9 Å². The molecule has 0 aliphatic heterocycles. The van der Waals surface area contributed by atoms with E-state index in [1.54, 1.807) is 0 Å². The summed E-state index contributed by atoms with van der Waals surface area (Å²) >= 11 is 0. The molecule has 1 heterocycles. The van der Waals surface area contributed by atoms with Crippen molar-refractivity contribution in [3.05, 3.63) is 35.7 Å². The lowest BCUT2D eigenvalue weighted by molar-refractivity contribution is 0.504. The highest BCUT2D eigenvalue weighted by molar-refractivity contribution is 5.81. The Balaban J connectivity index is 2.71. The van der Waals surface area contributed by atoms with Crippen LogP contribution in [0.5, 0.6) is 0 Å². The first-order chi connectivity index (χ1) is 7.63. The van der Waals surface area contributed by atoms with Gasteiger partial charge in [0.05, 0.1) is 0 Å². The number of hydrogen-bond donors (Lipinski definition) is 1. The number of benzene rings is 1. The molecule has 2 rings (SSSR count). The van der Waals surface area contributed by atoms with Crippen LogP contribution in [0.25, 0.3) is 10.9 Å². The quantitative estimate of drug-likeness (QED) is 0.796. The molecular formula is C11H9F3N2. The molecule has 0 fully saturated rings. The number of halogens is 3. The number of rotatable bonds is 2. The number of nitrogens with one attached hydrogen (secondary N) is 1. The van der Waals surface area contributed by atoms with Gasteiger partial charge in [-0.3, -0.25) is 0 Å². The van der Waals surface area contributed by atoms with Crippen LogP contribution < -0.4 is 5.32 Å². The monoisotopic (exact) mass is 226 g/mol. The van der Waals surface area contributed by atoms with Gasteiger partial charge in [-0.2, -0.15) is 0 Å². The molecular weight excluding hydrogens is 217 g/mol. The van der Waals surface area contributed by atoms with E-state index >= 15 is 0 Å². The Hall–Kier alpha value is -1.78. The van der Waals surface area contributed by atoms with Crippen LogP contribution in [0.1, 0.15) is 6.92 Å². The fourth-order valence-electron chi connectivity index (χ4n) is 1.46. The van der Waals surface area contributed by atoms with Crippen LogP contribution >= 0.6 is 0 Å². The summed E-state index contributed by atoms with van der Waals surface area (Å²) in [7, 11) is 0. The zero-order valence-electron chi connectivity index (χ0n) is 8.52. The van der Waals surface area contributed by atoms with Crippen molar-refractivity contribution in [3.8, 4) is 0 Å². The van der Waals surface area contributed by atoms with Crippen LogP contribution in [-0.4, -0.2) is 11.5 Å². The Bertz CT molecular complexity index is 540. The zero-order valence-corrected chi connectivity index (χ0v) is 8.52. The molecule has 0 atom stereocenters. The Morgan fingerprint density at radius 2 is 1.94 bits per heavy atom. The van der Waals surface area contributed by atoms with Gasteiger partial charge >= 0.3 is 0 Å². The summed E-state index contributed by atoms with van der Waals surface area (Å²) in [6.45, 7) is 2.44. The average molecular weight is 226 g/mol. The summed E-state index contributed by atoms with van der Waals surface area (Å²) < 4.78 is 39.6. The Kier molecular flexibility index (Phi) is 2.68. The topological polar surface area (TPSA) is 24.9 Å². The molecule has 0 radical (unpaired) electrons. The first-order valence-electron chi connectivity index (χ1n) is 4.81. The van der Waals surface area contributed by atoms with Crippen LogP contribution in [0, 0.1) is 17.5 Å². The van der Waals surface area contributed by atoms with Gasteiger partial charge in [-0.15, -0.1) is 0 Å². The predicted molar refractivity (Wildman–Crippen MR) is 55.8 cm³/mol. The third-order valence-electron chi connectivity index (χ3n) is 2.18. The van der Waals surface area contributed by atoms with E-state index in [9.17, 15) is 13.2 Å². The fourth-order valence-corrected chi connectivity index (χ4v) is 1.46. The van der Waals surface area contributed by atoms with Crippen molar-refractivity contribution in [2.75, 3.05) is 11.9 Å². The van der Waals surface area contributed by atoms with E-state index in [1.165, 1.54) is 12.1 Å². The Labute approximate surface area is 90.1 Å². The highest BCUT2D eigenvalue weighted by atomic mass is 19.2. The van der Waals surface area contributed by atoms with Crippen molar-refractivity contribution < 1.29 is 13.2 Å². The van der Waals surface area contributed by atoms with Crippen molar-refractivity contribution in [1.82, 2.24) is 4.98 Å². The summed E-state index contributed by atoms with van der Waals surface area (Å²) in [5.41, 5.74) is -0.295. The van der Waals surface area contributed by atoms with Gasteiger partial charge in [-0.25, -0.2) is 18.2 Å². The second-order valence-corrected chi connectivity index (χ2v) is 3.28. The Morgan fingerprint density at radius 1 is 1.19 bits per heavy atom. The van der Waals surface area contributed by atoms with Crippen molar-refractivity contribution in [2.24, 2.45) is 0 Å². The van der Waals surface area contributed by atoms with Crippen LogP contribution in [-0.2, 0) is 0 Å². The SMILES string of the molecule is CCNc1ccc2c(F)cc(F)c(F)c2n1. The minimum absolute atomic E-state index is 0.0273. The predicted octanol–water partition coefficient (Wildman–Crippen LogP) is 3.08. The van der Waals surface area contributed by atoms with Crippen LogP contribution in [0.2, 0.25) is 0 Å². The molecule has 0 saturated heterocycles. The Morgan fingerprint density at radius 3 is 2.62 bits per heavy atom. The summed E-state index contributed by atoms with van der Waals surface area (Å²) in [5.74, 6) is -2.79. The van der Waals surface area contributed by atoms with Gasteiger partial charge in [0.2, 0.25) is 0 Å². The first kappa shape index (κ1) is 10.7. The first-order valence-corrected chi connectivity index (χ1v) is 4.81. The molecule has 1 N–H and O–H groups in total. The van der Waals surface area contributed by atoms with Crippen LogP contribution in [0.3, 0.4) is 0 Å². The second-order valence-electron chi connectivity index (χ2n) is 3.28. The summed E-state index contributed by atoms with van der Waals surface area (Å²) in [6.07, 6.45) is 0. The van der Waals surface area contributed by atoms with E-state index < -0.39 is 17.5 Å². The van der Waals surface area contributed by atoms with Gasteiger partial charge in [-0.05, 0) is 19.1 Å². The van der Waals surface area contributed by atoms with E-state index in [2.05, 4.69) is 10.3 Å². The molecule has 16 heavy (non-hydrogen) atoms. The maximum absolute atomic E-state index is 13.4. The molecule has 2 nitrogen and oxygen atoms in total. The molecule has 5 heteroatoms. The minimum atomic E-state index is -1.23. The molecule has 0 aliphatic rings. The molecule has 0 unspecified atom stereocenters. The third kappa shape index (κ3) is 1.68. The normalized spacial score (nSPS) is 10.8. The van der Waals surface area contributed by atoms with E-state index in [0.717, 1.165) is 0 Å². The zero-order chi connectivity index (χ0) is 11.7. The highest BCUT2D eigenvalue weighted by Gasteiger charge is 2.13. The van der Waals surface area contributed by atoms with Crippen molar-refractivity contribution in [1.29, 1.82) is 0 Å². The highest BCUT2D eigenvalue weighted by Crippen LogP contribution is 2.23. The van der Waals surface area contributed by atoms with Crippen LogP contribution in [0.15, 0.2) is 18.2 Å². The number of fused-ring (bicyclic) bond motifs is 1.